The lowest BCUT2D eigenvalue weighted by molar-refractivity contribution is -0.147. The van der Waals surface area contributed by atoms with E-state index in [9.17, 15) is 13.6 Å². The van der Waals surface area contributed by atoms with Crippen LogP contribution in [0.2, 0.25) is 0 Å². The lowest BCUT2D eigenvalue weighted by Gasteiger charge is -2.10. The van der Waals surface area contributed by atoms with Crippen LogP contribution in [0.15, 0.2) is 28.7 Å². The van der Waals surface area contributed by atoms with Crippen LogP contribution in [0.1, 0.15) is 12.0 Å². The number of hydrogen-bond donors (Lipinski definition) is 1. The third-order valence-electron chi connectivity index (χ3n) is 2.69. The molecular formula is C12H12BrF2NO2. The highest BCUT2D eigenvalue weighted by Gasteiger charge is 2.43. The molecule has 1 aromatic carbocycles. The van der Waals surface area contributed by atoms with Gasteiger partial charge >= 0.3 is 5.97 Å². The topological polar surface area (TPSA) is 38.3 Å². The normalized spacial score (nSPS) is 21.8. The lowest BCUT2D eigenvalue weighted by atomic mass is 10.2. The summed E-state index contributed by atoms with van der Waals surface area (Å²) < 4.78 is 31.7. The molecule has 18 heavy (non-hydrogen) atoms. The highest BCUT2D eigenvalue weighted by molar-refractivity contribution is 9.10. The van der Waals surface area contributed by atoms with Gasteiger partial charge in [0.1, 0.15) is 12.6 Å². The molecule has 0 aliphatic carbocycles. The van der Waals surface area contributed by atoms with Crippen molar-refractivity contribution < 1.29 is 18.3 Å². The van der Waals surface area contributed by atoms with Crippen LogP contribution in [-0.4, -0.2) is 24.5 Å². The van der Waals surface area contributed by atoms with Crippen molar-refractivity contribution in [1.82, 2.24) is 5.32 Å². The van der Waals surface area contributed by atoms with Gasteiger partial charge in [-0.3, -0.25) is 10.1 Å². The van der Waals surface area contributed by atoms with Crippen molar-refractivity contribution in [2.75, 3.05) is 6.54 Å². The van der Waals surface area contributed by atoms with E-state index >= 15 is 0 Å². The molecule has 3 nitrogen and oxygen atoms in total. The fourth-order valence-electron chi connectivity index (χ4n) is 1.72. The van der Waals surface area contributed by atoms with Gasteiger partial charge in [0.25, 0.3) is 5.92 Å². The predicted octanol–water partition coefficient (Wildman–Crippen LogP) is 2.49. The van der Waals surface area contributed by atoms with Gasteiger partial charge in [-0.15, -0.1) is 0 Å². The molecule has 0 spiro atoms. The molecule has 1 N–H and O–H groups in total. The minimum atomic E-state index is -2.82. The van der Waals surface area contributed by atoms with Crippen LogP contribution in [0.5, 0.6) is 0 Å². The molecule has 1 aliphatic heterocycles. The Balaban J connectivity index is 1.84. The Hall–Kier alpha value is -1.01. The summed E-state index contributed by atoms with van der Waals surface area (Å²) in [5.74, 6) is -3.45. The van der Waals surface area contributed by atoms with Crippen molar-refractivity contribution in [1.29, 1.82) is 0 Å². The maximum absolute atomic E-state index is 12.9. The van der Waals surface area contributed by atoms with E-state index in [1.54, 1.807) is 12.1 Å². The van der Waals surface area contributed by atoms with E-state index in [0.29, 0.717) is 0 Å². The van der Waals surface area contributed by atoms with Crippen molar-refractivity contribution >= 4 is 21.9 Å². The molecule has 0 saturated carbocycles. The first kappa shape index (κ1) is 13.4. The highest BCUT2D eigenvalue weighted by Crippen LogP contribution is 2.25. The van der Waals surface area contributed by atoms with E-state index in [4.69, 9.17) is 4.74 Å². The summed E-state index contributed by atoms with van der Waals surface area (Å²) in [5.41, 5.74) is 0.816. The van der Waals surface area contributed by atoms with Crippen molar-refractivity contribution in [3.05, 3.63) is 34.3 Å². The average molecular weight is 320 g/mol. The third-order valence-corrected chi connectivity index (χ3v) is 3.22. The predicted molar refractivity (Wildman–Crippen MR) is 65.3 cm³/mol. The fraction of sp³-hybridized carbons (Fsp3) is 0.417. The summed E-state index contributed by atoms with van der Waals surface area (Å²) >= 11 is 3.29. The van der Waals surface area contributed by atoms with Crippen molar-refractivity contribution in [3.8, 4) is 0 Å². The van der Waals surface area contributed by atoms with Gasteiger partial charge in [-0.25, -0.2) is 8.78 Å². The number of esters is 1. The first-order valence-corrected chi connectivity index (χ1v) is 6.28. The Morgan fingerprint density at radius 2 is 2.11 bits per heavy atom. The molecule has 6 heteroatoms. The molecule has 98 valence electrons. The first-order chi connectivity index (χ1) is 8.46. The van der Waals surface area contributed by atoms with Crippen LogP contribution >= 0.6 is 15.9 Å². The quantitative estimate of drug-likeness (QED) is 0.870. The molecule has 0 amide bonds. The monoisotopic (exact) mass is 319 g/mol. The molecule has 1 atom stereocenters. The van der Waals surface area contributed by atoms with Gasteiger partial charge in [0.05, 0.1) is 6.54 Å². The minimum Gasteiger partial charge on any atom is -0.460 e. The Labute approximate surface area is 112 Å². The fourth-order valence-corrected chi connectivity index (χ4v) is 1.98. The van der Waals surface area contributed by atoms with Gasteiger partial charge in [-0.2, -0.15) is 0 Å². The SMILES string of the molecule is O=C(OCc1ccc(Br)cc1)C1CC(F)(F)CN1. The molecule has 1 aliphatic rings. The number of carbonyl (C=O) groups is 1. The van der Waals surface area contributed by atoms with Crippen LogP contribution < -0.4 is 5.32 Å². The molecular weight excluding hydrogens is 308 g/mol. The van der Waals surface area contributed by atoms with E-state index in [1.165, 1.54) is 0 Å². The molecule has 1 heterocycles. The van der Waals surface area contributed by atoms with Gasteiger partial charge in [-0.1, -0.05) is 28.1 Å². The molecule has 1 unspecified atom stereocenters. The smallest absolute Gasteiger partial charge is 0.323 e. The van der Waals surface area contributed by atoms with E-state index in [1.807, 2.05) is 12.1 Å². The molecule has 2 rings (SSSR count). The maximum Gasteiger partial charge on any atom is 0.323 e. The Morgan fingerprint density at radius 3 is 2.67 bits per heavy atom. The van der Waals surface area contributed by atoms with E-state index in [0.717, 1.165) is 10.0 Å². The average Bonchev–Trinajstić information content (AvgIpc) is 2.69. The van der Waals surface area contributed by atoms with Gasteiger partial charge < -0.3 is 4.74 Å². The Bertz CT molecular complexity index is 436. The van der Waals surface area contributed by atoms with Crippen LogP contribution in [0.4, 0.5) is 8.78 Å². The van der Waals surface area contributed by atoms with Crippen LogP contribution in [0.3, 0.4) is 0 Å². The minimum absolute atomic E-state index is 0.0931. The second-order valence-electron chi connectivity index (χ2n) is 4.23. The molecule has 1 saturated heterocycles. The number of nitrogens with one attached hydrogen (secondary N) is 1. The number of rotatable bonds is 3. The molecule has 0 radical (unpaired) electrons. The first-order valence-electron chi connectivity index (χ1n) is 5.49. The Morgan fingerprint density at radius 1 is 1.44 bits per heavy atom. The van der Waals surface area contributed by atoms with Crippen LogP contribution in [0, 0.1) is 0 Å². The number of halogens is 3. The molecule has 1 fully saturated rings. The zero-order valence-corrected chi connectivity index (χ0v) is 11.0. The number of carbonyl (C=O) groups excluding carboxylic acids is 1. The lowest BCUT2D eigenvalue weighted by Crippen LogP contribution is -2.32. The maximum atomic E-state index is 12.9. The van der Waals surface area contributed by atoms with Gasteiger partial charge in [-0.05, 0) is 17.7 Å². The second-order valence-corrected chi connectivity index (χ2v) is 5.14. The molecule has 0 aromatic heterocycles. The second kappa shape index (κ2) is 5.32. The number of benzene rings is 1. The summed E-state index contributed by atoms with van der Waals surface area (Å²) in [7, 11) is 0. The standard InChI is InChI=1S/C12H12BrF2NO2/c13-9-3-1-8(2-4-9)6-18-11(17)10-5-12(14,15)7-16-10/h1-4,10,16H,5-7H2. The zero-order chi connectivity index (χ0) is 13.2. The largest absolute Gasteiger partial charge is 0.460 e. The molecule has 1 aromatic rings. The van der Waals surface area contributed by atoms with Crippen molar-refractivity contribution in [3.63, 3.8) is 0 Å². The van der Waals surface area contributed by atoms with Crippen LogP contribution in [-0.2, 0) is 16.1 Å². The third kappa shape index (κ3) is 3.49. The number of alkyl halides is 2. The van der Waals surface area contributed by atoms with E-state index in [-0.39, 0.29) is 6.61 Å². The zero-order valence-electron chi connectivity index (χ0n) is 9.46. The van der Waals surface area contributed by atoms with Gasteiger partial charge in [0.2, 0.25) is 0 Å². The summed E-state index contributed by atoms with van der Waals surface area (Å²) in [6.07, 6.45) is -0.494. The van der Waals surface area contributed by atoms with Gasteiger partial charge in [0.15, 0.2) is 0 Å². The van der Waals surface area contributed by atoms with E-state index in [2.05, 4.69) is 21.2 Å². The number of ether oxygens (including phenoxy) is 1. The summed E-state index contributed by atoms with van der Waals surface area (Å²) in [6, 6.07) is 6.34. The van der Waals surface area contributed by atoms with Crippen LogP contribution in [0.25, 0.3) is 0 Å². The highest BCUT2D eigenvalue weighted by atomic mass is 79.9. The van der Waals surface area contributed by atoms with Gasteiger partial charge in [0, 0.05) is 10.9 Å². The summed E-state index contributed by atoms with van der Waals surface area (Å²) in [4.78, 5) is 11.5. The van der Waals surface area contributed by atoms with Crippen molar-refractivity contribution in [2.24, 2.45) is 0 Å². The number of hydrogen-bond acceptors (Lipinski definition) is 3. The van der Waals surface area contributed by atoms with Crippen molar-refractivity contribution in [2.45, 2.75) is 25.0 Å². The van der Waals surface area contributed by atoms with E-state index < -0.39 is 30.9 Å². The summed E-state index contributed by atoms with van der Waals surface area (Å²) in [5, 5.41) is 2.46. The summed E-state index contributed by atoms with van der Waals surface area (Å²) in [6.45, 7) is -0.374. The Kier molecular flexibility index (Phi) is 3.97. The molecule has 0 bridgehead atoms.